The molecule has 2 N–H and O–H groups in total. The Morgan fingerprint density at radius 3 is 2.95 bits per heavy atom. The third kappa shape index (κ3) is 2.64. The van der Waals surface area contributed by atoms with Gasteiger partial charge in [0.1, 0.15) is 0 Å². The molecule has 1 saturated carbocycles. The highest BCUT2D eigenvalue weighted by molar-refractivity contribution is 5.98. The van der Waals surface area contributed by atoms with Gasteiger partial charge in [0, 0.05) is 24.6 Å². The molecule has 1 amide bonds. The quantitative estimate of drug-likeness (QED) is 0.657. The molecule has 0 aromatic heterocycles. The number of para-hydroxylation sites is 1. The molecule has 3 rings (SSSR count). The average molecular weight is 306 g/mol. The maximum atomic E-state index is 12.4. The third-order valence-corrected chi connectivity index (χ3v) is 4.55. The summed E-state index contributed by atoms with van der Waals surface area (Å²) in [5.41, 5.74) is -0.520. The van der Waals surface area contributed by atoms with E-state index in [-0.39, 0.29) is 17.7 Å². The van der Waals surface area contributed by atoms with E-state index in [0.29, 0.717) is 12.5 Å². The SMILES string of the molecule is O=C(N[C@@H]1CCC[C@H]2OCC[C@H]12)c1cccc([N+](=O)[O-])c1O. The molecule has 118 valence electrons. The predicted molar refractivity (Wildman–Crippen MR) is 77.7 cm³/mol. The van der Waals surface area contributed by atoms with Crippen LogP contribution < -0.4 is 5.32 Å². The van der Waals surface area contributed by atoms with E-state index in [2.05, 4.69) is 5.32 Å². The zero-order valence-electron chi connectivity index (χ0n) is 12.0. The summed E-state index contributed by atoms with van der Waals surface area (Å²) >= 11 is 0. The first-order chi connectivity index (χ1) is 10.6. The van der Waals surface area contributed by atoms with Crippen molar-refractivity contribution < 1.29 is 19.6 Å². The van der Waals surface area contributed by atoms with Gasteiger partial charge in [-0.05, 0) is 31.7 Å². The number of phenolic OH excluding ortho intramolecular Hbond substituents is 1. The number of nitro benzene ring substituents is 1. The smallest absolute Gasteiger partial charge is 0.311 e. The molecule has 1 aromatic carbocycles. The van der Waals surface area contributed by atoms with Gasteiger partial charge in [-0.15, -0.1) is 0 Å². The van der Waals surface area contributed by atoms with Crippen molar-refractivity contribution in [2.45, 2.75) is 37.8 Å². The van der Waals surface area contributed by atoms with E-state index in [4.69, 9.17) is 4.74 Å². The maximum Gasteiger partial charge on any atom is 0.311 e. The summed E-state index contributed by atoms with van der Waals surface area (Å²) in [5.74, 6) is -0.766. The summed E-state index contributed by atoms with van der Waals surface area (Å²) in [7, 11) is 0. The second kappa shape index (κ2) is 5.92. The second-order valence-electron chi connectivity index (χ2n) is 5.80. The average Bonchev–Trinajstić information content (AvgIpc) is 2.96. The normalized spacial score (nSPS) is 27.2. The maximum absolute atomic E-state index is 12.4. The minimum atomic E-state index is -0.701. The van der Waals surface area contributed by atoms with Crippen molar-refractivity contribution >= 4 is 11.6 Å². The number of ether oxygens (including phenoxy) is 1. The van der Waals surface area contributed by atoms with Crippen LogP contribution in [-0.4, -0.2) is 34.7 Å². The number of carbonyl (C=O) groups excluding carboxylic acids is 1. The molecule has 2 fully saturated rings. The summed E-state index contributed by atoms with van der Waals surface area (Å²) in [6, 6.07) is 3.96. The number of hydrogen-bond donors (Lipinski definition) is 2. The zero-order valence-corrected chi connectivity index (χ0v) is 12.0. The van der Waals surface area contributed by atoms with E-state index >= 15 is 0 Å². The Morgan fingerprint density at radius 2 is 2.18 bits per heavy atom. The largest absolute Gasteiger partial charge is 0.502 e. The summed E-state index contributed by atoms with van der Waals surface area (Å²) in [5, 5.41) is 23.7. The van der Waals surface area contributed by atoms with Crippen LogP contribution in [0.25, 0.3) is 0 Å². The first-order valence-corrected chi connectivity index (χ1v) is 7.46. The number of nitrogens with zero attached hydrogens (tertiary/aromatic N) is 1. The van der Waals surface area contributed by atoms with Crippen LogP contribution in [0.2, 0.25) is 0 Å². The van der Waals surface area contributed by atoms with Crippen LogP contribution in [0.3, 0.4) is 0 Å². The molecular weight excluding hydrogens is 288 g/mol. The molecule has 1 aromatic rings. The van der Waals surface area contributed by atoms with Gasteiger partial charge in [0.2, 0.25) is 5.75 Å². The van der Waals surface area contributed by atoms with Crippen molar-refractivity contribution in [3.63, 3.8) is 0 Å². The highest BCUT2D eigenvalue weighted by Crippen LogP contribution is 2.35. The van der Waals surface area contributed by atoms with Crippen LogP contribution in [0.5, 0.6) is 5.75 Å². The molecule has 7 heteroatoms. The summed E-state index contributed by atoms with van der Waals surface area (Å²) in [6.45, 7) is 0.712. The van der Waals surface area contributed by atoms with Gasteiger partial charge in [0.15, 0.2) is 0 Å². The van der Waals surface area contributed by atoms with Crippen LogP contribution in [0.4, 0.5) is 5.69 Å². The molecule has 0 unspecified atom stereocenters. The van der Waals surface area contributed by atoms with Crippen LogP contribution in [0.15, 0.2) is 18.2 Å². The molecule has 1 aliphatic heterocycles. The Hall–Kier alpha value is -2.15. The number of phenols is 1. The van der Waals surface area contributed by atoms with Crippen molar-refractivity contribution in [1.29, 1.82) is 0 Å². The number of nitro groups is 1. The Bertz CT molecular complexity index is 604. The van der Waals surface area contributed by atoms with E-state index in [0.717, 1.165) is 25.7 Å². The van der Waals surface area contributed by atoms with E-state index < -0.39 is 22.3 Å². The first-order valence-electron chi connectivity index (χ1n) is 7.46. The lowest BCUT2D eigenvalue weighted by molar-refractivity contribution is -0.385. The molecule has 0 spiro atoms. The number of aromatic hydroxyl groups is 1. The van der Waals surface area contributed by atoms with Crippen molar-refractivity contribution in [2.24, 2.45) is 5.92 Å². The monoisotopic (exact) mass is 306 g/mol. The Kier molecular flexibility index (Phi) is 3.98. The van der Waals surface area contributed by atoms with Crippen LogP contribution in [0, 0.1) is 16.0 Å². The van der Waals surface area contributed by atoms with E-state index in [1.807, 2.05) is 0 Å². The standard InChI is InChI=1S/C15H18N2O5/c18-14-10(3-1-5-12(14)17(20)21)15(19)16-11-4-2-6-13-9(11)7-8-22-13/h1,3,5,9,11,13,18H,2,4,6-8H2,(H,16,19)/t9-,11-,13-/m1/s1. The molecule has 2 aliphatic rings. The second-order valence-corrected chi connectivity index (χ2v) is 5.80. The molecular formula is C15H18N2O5. The minimum absolute atomic E-state index is 0.00703. The van der Waals surface area contributed by atoms with Crippen LogP contribution in [-0.2, 0) is 4.74 Å². The minimum Gasteiger partial charge on any atom is -0.502 e. The fourth-order valence-corrected chi connectivity index (χ4v) is 3.46. The number of amides is 1. The van der Waals surface area contributed by atoms with Gasteiger partial charge in [-0.2, -0.15) is 0 Å². The van der Waals surface area contributed by atoms with Gasteiger partial charge in [-0.3, -0.25) is 14.9 Å². The zero-order chi connectivity index (χ0) is 15.7. The highest BCUT2D eigenvalue weighted by atomic mass is 16.6. The molecule has 1 heterocycles. The Morgan fingerprint density at radius 1 is 1.36 bits per heavy atom. The van der Waals surface area contributed by atoms with Gasteiger partial charge in [-0.1, -0.05) is 6.07 Å². The van der Waals surface area contributed by atoms with E-state index in [1.54, 1.807) is 0 Å². The molecule has 22 heavy (non-hydrogen) atoms. The molecule has 1 saturated heterocycles. The lowest BCUT2D eigenvalue weighted by Crippen LogP contribution is -2.45. The van der Waals surface area contributed by atoms with Gasteiger partial charge in [0.05, 0.1) is 16.6 Å². The van der Waals surface area contributed by atoms with Crippen LogP contribution in [0.1, 0.15) is 36.0 Å². The van der Waals surface area contributed by atoms with E-state index in [1.165, 1.54) is 18.2 Å². The Labute approximate surface area is 127 Å². The highest BCUT2D eigenvalue weighted by Gasteiger charge is 2.38. The lowest BCUT2D eigenvalue weighted by atomic mass is 9.81. The number of rotatable bonds is 3. The number of nitrogens with one attached hydrogen (secondary N) is 1. The molecule has 0 radical (unpaired) electrons. The molecule has 1 aliphatic carbocycles. The fourth-order valence-electron chi connectivity index (χ4n) is 3.46. The summed E-state index contributed by atoms with van der Waals surface area (Å²) < 4.78 is 5.66. The molecule has 3 atom stereocenters. The topological polar surface area (TPSA) is 102 Å². The third-order valence-electron chi connectivity index (χ3n) is 4.55. The van der Waals surface area contributed by atoms with Gasteiger partial charge in [-0.25, -0.2) is 0 Å². The van der Waals surface area contributed by atoms with Crippen LogP contribution >= 0.6 is 0 Å². The number of fused-ring (bicyclic) bond motifs is 1. The van der Waals surface area contributed by atoms with Crippen molar-refractivity contribution in [3.8, 4) is 5.75 Å². The van der Waals surface area contributed by atoms with Gasteiger partial charge >= 0.3 is 5.69 Å². The first kappa shape index (κ1) is 14.8. The van der Waals surface area contributed by atoms with Crippen molar-refractivity contribution in [2.75, 3.05) is 6.61 Å². The molecule has 0 bridgehead atoms. The number of benzene rings is 1. The fraction of sp³-hybridized carbons (Fsp3) is 0.533. The number of carbonyl (C=O) groups is 1. The predicted octanol–water partition coefficient (Wildman–Crippen LogP) is 1.99. The summed E-state index contributed by atoms with van der Waals surface area (Å²) in [6.07, 6.45) is 3.96. The lowest BCUT2D eigenvalue weighted by Gasteiger charge is -2.33. The number of hydrogen-bond acceptors (Lipinski definition) is 5. The van der Waals surface area contributed by atoms with Crippen molar-refractivity contribution in [1.82, 2.24) is 5.32 Å². The van der Waals surface area contributed by atoms with Gasteiger partial charge < -0.3 is 15.2 Å². The summed E-state index contributed by atoms with van der Waals surface area (Å²) in [4.78, 5) is 22.5. The molecule has 7 nitrogen and oxygen atoms in total. The van der Waals surface area contributed by atoms with E-state index in [9.17, 15) is 20.0 Å². The Balaban J connectivity index is 1.77. The van der Waals surface area contributed by atoms with Gasteiger partial charge in [0.25, 0.3) is 5.91 Å². The van der Waals surface area contributed by atoms with Crippen molar-refractivity contribution in [3.05, 3.63) is 33.9 Å².